The van der Waals surface area contributed by atoms with Crippen molar-refractivity contribution >= 4 is 110 Å². The maximum absolute atomic E-state index is 13.1. The first-order valence-corrected chi connectivity index (χ1v) is 32.8. The van der Waals surface area contributed by atoms with E-state index in [0.29, 0.717) is 36.6 Å². The molecule has 2 saturated heterocycles. The predicted octanol–water partition coefficient (Wildman–Crippen LogP) is 16.2. The van der Waals surface area contributed by atoms with Crippen molar-refractivity contribution in [1.82, 2.24) is 10.6 Å². The van der Waals surface area contributed by atoms with Gasteiger partial charge in [0.05, 0.1) is 54.9 Å². The number of hydrogen-bond acceptors (Lipinski definition) is 10. The van der Waals surface area contributed by atoms with Crippen LogP contribution in [0, 0.1) is 22.7 Å². The molecule has 10 rings (SSSR count). The molecule has 0 aromatic heterocycles. The van der Waals surface area contributed by atoms with Gasteiger partial charge in [0.25, 0.3) is 0 Å². The molecule has 0 spiro atoms. The number of amides is 2. The highest BCUT2D eigenvalue weighted by Gasteiger charge is 2.62. The Balaban J connectivity index is 0.000000182. The maximum Gasteiger partial charge on any atom is 0.245 e. The van der Waals surface area contributed by atoms with Crippen LogP contribution in [0.4, 0.5) is 0 Å². The number of carbonyl (C=O) groups excluding carboxylic acids is 3. The van der Waals surface area contributed by atoms with E-state index in [1.807, 2.05) is 115 Å². The average Bonchev–Trinajstić information content (AvgIpc) is 1.51. The lowest BCUT2D eigenvalue weighted by atomic mass is 9.54. The van der Waals surface area contributed by atoms with Crippen molar-refractivity contribution in [3.8, 4) is 17.2 Å². The molecule has 0 radical (unpaired) electrons. The minimum Gasteiger partial charge on any atom is -0.508 e. The third-order valence-electron chi connectivity index (χ3n) is 18.1. The Morgan fingerprint density at radius 1 is 0.633 bits per heavy atom. The number of halogens is 7. The van der Waals surface area contributed by atoms with Gasteiger partial charge in [-0.1, -0.05) is 169 Å². The van der Waals surface area contributed by atoms with Crippen LogP contribution in [0.25, 0.3) is 12.2 Å². The summed E-state index contributed by atoms with van der Waals surface area (Å²) in [7, 11) is 1.58. The van der Waals surface area contributed by atoms with Gasteiger partial charge in [-0.05, 0) is 199 Å². The Morgan fingerprint density at radius 2 is 1.11 bits per heavy atom. The Hall–Kier alpha value is -5.58. The number of nitrogens with two attached hydrogens (primary N) is 1. The van der Waals surface area contributed by atoms with Crippen molar-refractivity contribution in [2.24, 2.45) is 28.4 Å². The van der Waals surface area contributed by atoms with Gasteiger partial charge < -0.3 is 46.3 Å². The second-order valence-electron chi connectivity index (χ2n) is 22.9. The zero-order valence-electron chi connectivity index (χ0n) is 50.6. The highest BCUT2D eigenvalue weighted by atomic mass is 35.5. The molecular formula is C71H78Cl7N3O9. The molecule has 2 amide bonds. The van der Waals surface area contributed by atoms with Gasteiger partial charge >= 0.3 is 0 Å². The maximum atomic E-state index is 13.1. The average molecular weight is 1370 g/mol. The van der Waals surface area contributed by atoms with Crippen molar-refractivity contribution in [2.45, 2.75) is 108 Å². The largest absolute Gasteiger partial charge is 0.508 e. The second kappa shape index (κ2) is 33.8. The number of rotatable bonds is 18. The van der Waals surface area contributed by atoms with Crippen LogP contribution >= 0.6 is 81.2 Å². The fourth-order valence-electron chi connectivity index (χ4n) is 13.6. The van der Waals surface area contributed by atoms with E-state index in [2.05, 4.69) is 31.4 Å². The summed E-state index contributed by atoms with van der Waals surface area (Å²) in [6, 6.07) is 38.9. The summed E-state index contributed by atoms with van der Waals surface area (Å²) < 4.78 is 10.5. The molecule has 2 aliphatic carbocycles. The van der Waals surface area contributed by atoms with Gasteiger partial charge in [-0.2, -0.15) is 0 Å². The van der Waals surface area contributed by atoms with Crippen LogP contribution < -0.4 is 25.8 Å². The number of aliphatic hydroxyl groups is 3. The molecule has 2 saturated carbocycles. The second-order valence-corrected chi connectivity index (χ2v) is 25.8. The highest BCUT2D eigenvalue weighted by molar-refractivity contribution is 6.66. The molecule has 11 atom stereocenters. The number of phenols is 1. The topological polar surface area (TPSA) is 201 Å². The number of benzene rings is 6. The van der Waals surface area contributed by atoms with Crippen molar-refractivity contribution in [3.05, 3.63) is 215 Å². The summed E-state index contributed by atoms with van der Waals surface area (Å²) in [6.07, 6.45) is 15.8. The summed E-state index contributed by atoms with van der Waals surface area (Å²) in [5, 5.41) is 48.5. The number of aliphatic hydroxyl groups excluding tert-OH is 3. The monoisotopic (exact) mass is 1360 g/mol. The molecule has 6 aromatic rings. The van der Waals surface area contributed by atoms with E-state index in [1.54, 1.807) is 49.6 Å². The minimum atomic E-state index is -0.509. The lowest BCUT2D eigenvalue weighted by Crippen LogP contribution is -2.45. The van der Waals surface area contributed by atoms with Crippen LogP contribution in [0.15, 0.2) is 152 Å². The highest BCUT2D eigenvalue weighted by Crippen LogP contribution is 2.62. The number of phenolic OH excluding ortho intramolecular Hbond substituents is 1. The van der Waals surface area contributed by atoms with Gasteiger partial charge in [0.15, 0.2) is 0 Å². The van der Waals surface area contributed by atoms with Crippen LogP contribution in [0.3, 0.4) is 0 Å². The van der Waals surface area contributed by atoms with E-state index in [1.165, 1.54) is 6.08 Å². The summed E-state index contributed by atoms with van der Waals surface area (Å²) in [5.74, 6) is 1.51. The van der Waals surface area contributed by atoms with Crippen LogP contribution in [-0.2, 0) is 14.4 Å². The first-order chi connectivity index (χ1) is 43.2. The molecule has 6 aromatic carbocycles. The van der Waals surface area contributed by atoms with Crippen molar-refractivity contribution in [2.75, 3.05) is 33.5 Å². The van der Waals surface area contributed by atoms with Gasteiger partial charge in [0, 0.05) is 43.0 Å². The molecule has 12 nitrogen and oxygen atoms in total. The van der Waals surface area contributed by atoms with Gasteiger partial charge in [-0.25, -0.2) is 0 Å². The molecule has 4 fully saturated rings. The summed E-state index contributed by atoms with van der Waals surface area (Å²) >= 11 is 42.5. The lowest BCUT2D eigenvalue weighted by molar-refractivity contribution is -0.132. The molecule has 8 N–H and O–H groups in total. The standard InChI is InChI=1S/C25H29Cl2NO4.C23H25Cl2NO3.C12H10Cl2O2.C11H14ClN/c1-2-25-10-9-19(18-8-7-17(13-20(18)27)32-12-11-29)22(15-3-5-16(26)6-4-15)23(25)21(14-30)28-24(25)31;1-2-23-10-9-17(16-8-7-15(28)11-18(16)25)20(13-3-5-14(24)6-4-13)21(23)19(12-27)26-22(23)29;1-16-10-7-6-9(11(13)8-10)4-2-3-5-12(14)15;1-2-11(13)8-5-9-3-6-10(12)7-4-9/h3-8,13,19,21-23,29-30H,2,9-12,14H2,1H3,(H,28,31);3-8,11,17,19-21,27-28H,2,9-10,12H2,1H3,(H,26,29);2-8H,1H3;3-8,11H,2,13H2,1H3/b;;4-2+,5-3+;8-5-/t19-,21+,22-,23-,25+;17-,19+,20-,21-,23+;;11-/m00.1/s1. The van der Waals surface area contributed by atoms with Gasteiger partial charge in [0.1, 0.15) is 23.9 Å². The van der Waals surface area contributed by atoms with Crippen LogP contribution in [-0.4, -0.2) is 89.1 Å². The Morgan fingerprint density at radius 3 is 1.54 bits per heavy atom. The third-order valence-corrected chi connectivity index (χ3v) is 20.0. The normalized spacial score (nSPS) is 24.5. The SMILES string of the molecule is CC[C@@H](N)/C=C\c1ccc(Cl)cc1.CC[C@@]12CC[C@@H](c3ccc(O)cc3Cl)[C@H](c3ccc(Cl)cc3)[C@@H]1[C@@H](CO)NC2=O.CC[C@@]12CC[C@@H](c3ccc(OCCO)cc3Cl)[C@H](c3ccc(Cl)cc3)[C@@H]1[C@@H](CO)NC2=O.COc1ccc(/C=C/C=C/C(=O)Cl)c(Cl)c1. The number of ether oxygens (including phenoxy) is 2. The molecule has 0 bridgehead atoms. The van der Waals surface area contributed by atoms with E-state index in [-0.39, 0.29) is 97.6 Å². The fraction of sp³-hybridized carbons (Fsp3) is 0.366. The quantitative estimate of drug-likeness (QED) is 0.0247. The van der Waals surface area contributed by atoms with Crippen molar-refractivity contribution in [1.29, 1.82) is 0 Å². The molecular weight excluding hydrogens is 1290 g/mol. The number of allylic oxidation sites excluding steroid dienone is 3. The number of fused-ring (bicyclic) bond motifs is 2. The summed E-state index contributed by atoms with van der Waals surface area (Å²) in [6.45, 7) is 6.13. The molecule has 4 aliphatic rings. The number of nitrogens with one attached hydrogen (secondary N) is 2. The van der Waals surface area contributed by atoms with Gasteiger partial charge in [-0.15, -0.1) is 0 Å². The van der Waals surface area contributed by atoms with E-state index in [4.69, 9.17) is 102 Å². The minimum absolute atomic E-state index is 0.0147. The predicted molar refractivity (Wildman–Crippen MR) is 366 cm³/mol. The Kier molecular flexibility index (Phi) is 27.0. The number of carbonyl (C=O) groups is 3. The third kappa shape index (κ3) is 17.4. The molecule has 2 aliphatic heterocycles. The Bertz CT molecular complexity index is 3460. The molecule has 480 valence electrons. The number of hydrogen-bond donors (Lipinski definition) is 7. The van der Waals surface area contributed by atoms with Crippen molar-refractivity contribution in [3.63, 3.8) is 0 Å². The van der Waals surface area contributed by atoms with E-state index < -0.39 is 16.1 Å². The summed E-state index contributed by atoms with van der Waals surface area (Å²) in [4.78, 5) is 36.5. The van der Waals surface area contributed by atoms with Gasteiger partial charge in [0.2, 0.25) is 17.1 Å². The first-order valence-electron chi connectivity index (χ1n) is 30.1. The molecule has 90 heavy (non-hydrogen) atoms. The van der Waals surface area contributed by atoms with Gasteiger partial charge in [-0.3, -0.25) is 14.4 Å². The smallest absolute Gasteiger partial charge is 0.245 e. The molecule has 0 unspecified atom stereocenters. The first kappa shape index (κ1) is 71.9. The van der Waals surface area contributed by atoms with E-state index >= 15 is 0 Å². The van der Waals surface area contributed by atoms with E-state index in [9.17, 15) is 29.7 Å². The number of aromatic hydroxyl groups is 1. The van der Waals surface area contributed by atoms with Crippen LogP contribution in [0.1, 0.15) is 123 Å². The summed E-state index contributed by atoms with van der Waals surface area (Å²) in [5.41, 5.74) is 10.8. The fourth-order valence-corrected chi connectivity index (χ4v) is 14.9. The number of methoxy groups -OCH3 is 1. The van der Waals surface area contributed by atoms with Crippen molar-refractivity contribution < 1.29 is 44.3 Å². The zero-order chi connectivity index (χ0) is 65.3. The van der Waals surface area contributed by atoms with Crippen LogP contribution in [0.2, 0.25) is 30.1 Å². The van der Waals surface area contributed by atoms with E-state index in [0.717, 1.165) is 83.3 Å². The Labute approximate surface area is 563 Å². The molecule has 19 heteroatoms. The van der Waals surface area contributed by atoms with Crippen LogP contribution in [0.5, 0.6) is 17.2 Å². The molecule has 2 heterocycles. The zero-order valence-corrected chi connectivity index (χ0v) is 55.9. The lowest BCUT2D eigenvalue weighted by Gasteiger charge is -2.47.